The molecular weight excluding hydrogens is 418 g/mol. The lowest BCUT2D eigenvalue weighted by molar-refractivity contribution is -0.148. The number of hydrogen-bond donors (Lipinski definition) is 2. The van der Waals surface area contributed by atoms with Crippen molar-refractivity contribution >= 4 is 23.5 Å². The van der Waals surface area contributed by atoms with E-state index >= 15 is 0 Å². The van der Waals surface area contributed by atoms with Crippen molar-refractivity contribution in [3.8, 4) is 0 Å². The lowest BCUT2D eigenvalue weighted by atomic mass is 9.54. The molecule has 3 aliphatic carbocycles. The maximum atomic E-state index is 13.5. The van der Waals surface area contributed by atoms with Gasteiger partial charge in [0.2, 0.25) is 5.91 Å². The van der Waals surface area contributed by atoms with Gasteiger partial charge < -0.3 is 15.2 Å². The number of benzene rings is 3. The van der Waals surface area contributed by atoms with Crippen LogP contribution in [0.5, 0.6) is 0 Å². The minimum Gasteiger partial charge on any atom is -0.481 e. The molecule has 3 aliphatic rings. The molecule has 166 valence electrons. The molecule has 6 nitrogen and oxygen atoms in total. The Bertz CT molecular complexity index is 1200. The van der Waals surface area contributed by atoms with Crippen molar-refractivity contribution < 1.29 is 24.2 Å². The van der Waals surface area contributed by atoms with Crippen LogP contribution in [0.2, 0.25) is 0 Å². The molecule has 0 saturated heterocycles. The van der Waals surface area contributed by atoms with Crippen LogP contribution in [0.3, 0.4) is 0 Å². The maximum Gasteiger partial charge on any atom is 0.338 e. The van der Waals surface area contributed by atoms with E-state index in [1.165, 1.54) is 0 Å². The number of fused-ring (bicyclic) bond motifs is 1. The third-order valence-electron chi connectivity index (χ3n) is 6.69. The van der Waals surface area contributed by atoms with E-state index in [9.17, 15) is 19.5 Å². The summed E-state index contributed by atoms with van der Waals surface area (Å²) < 4.78 is 4.99. The average Bonchev–Trinajstić information content (AvgIpc) is 2.84. The highest BCUT2D eigenvalue weighted by Crippen LogP contribution is 2.58. The molecule has 33 heavy (non-hydrogen) atoms. The summed E-state index contributed by atoms with van der Waals surface area (Å²) in [5, 5.41) is 13.1. The number of anilines is 1. The number of carbonyl (C=O) groups is 3. The van der Waals surface area contributed by atoms with E-state index in [0.29, 0.717) is 11.3 Å². The Labute approximate surface area is 191 Å². The van der Waals surface area contributed by atoms with Crippen molar-refractivity contribution in [2.24, 2.45) is 11.8 Å². The zero-order valence-corrected chi connectivity index (χ0v) is 18.0. The van der Waals surface area contributed by atoms with Crippen LogP contribution in [-0.2, 0) is 14.3 Å². The summed E-state index contributed by atoms with van der Waals surface area (Å²) in [6, 6.07) is 22.1. The maximum absolute atomic E-state index is 13.5. The molecule has 0 saturated carbocycles. The summed E-state index contributed by atoms with van der Waals surface area (Å²) >= 11 is 0. The fourth-order valence-corrected chi connectivity index (χ4v) is 5.42. The lowest BCUT2D eigenvalue weighted by Crippen LogP contribution is -2.48. The molecule has 3 aromatic rings. The molecule has 6 rings (SSSR count). The number of carboxylic acid groups (broad SMARTS) is 1. The number of nitrogens with one attached hydrogen (secondary N) is 1. The van der Waals surface area contributed by atoms with Gasteiger partial charge in [-0.1, -0.05) is 48.5 Å². The summed E-state index contributed by atoms with van der Waals surface area (Å²) in [4.78, 5) is 37.9. The van der Waals surface area contributed by atoms with Crippen molar-refractivity contribution in [2.45, 2.75) is 18.8 Å². The molecule has 2 unspecified atom stereocenters. The molecule has 0 spiro atoms. The summed E-state index contributed by atoms with van der Waals surface area (Å²) in [5.41, 5.74) is 4.87. The predicted molar refractivity (Wildman–Crippen MR) is 122 cm³/mol. The molecule has 0 radical (unpaired) electrons. The number of esters is 1. The Morgan fingerprint density at radius 1 is 0.788 bits per heavy atom. The number of rotatable bonds is 5. The largest absolute Gasteiger partial charge is 0.481 e. The zero-order chi connectivity index (χ0) is 23.1. The first-order valence-electron chi connectivity index (χ1n) is 11.0. The highest BCUT2D eigenvalue weighted by atomic mass is 16.5. The van der Waals surface area contributed by atoms with Gasteiger partial charge in [0.15, 0.2) is 0 Å². The van der Waals surface area contributed by atoms with Gasteiger partial charge in [-0.25, -0.2) is 4.79 Å². The third-order valence-corrected chi connectivity index (χ3v) is 6.69. The van der Waals surface area contributed by atoms with Crippen molar-refractivity contribution in [2.75, 3.05) is 11.9 Å². The van der Waals surface area contributed by atoms with E-state index in [4.69, 9.17) is 4.74 Å². The summed E-state index contributed by atoms with van der Waals surface area (Å²) in [7, 11) is 0. The average molecular weight is 441 g/mol. The van der Waals surface area contributed by atoms with Gasteiger partial charge in [-0.15, -0.1) is 0 Å². The quantitative estimate of drug-likeness (QED) is 0.572. The number of ether oxygens (including phenoxy) is 1. The van der Waals surface area contributed by atoms with Crippen LogP contribution in [0.1, 0.15) is 51.4 Å². The van der Waals surface area contributed by atoms with Crippen molar-refractivity contribution in [3.05, 3.63) is 101 Å². The van der Waals surface area contributed by atoms with Crippen LogP contribution < -0.4 is 5.32 Å². The molecule has 3 aromatic carbocycles. The molecule has 0 heterocycles. The first-order valence-corrected chi connectivity index (χ1v) is 11.0. The highest BCUT2D eigenvalue weighted by molar-refractivity contribution is 5.98. The highest BCUT2D eigenvalue weighted by Gasteiger charge is 2.55. The van der Waals surface area contributed by atoms with Crippen LogP contribution >= 0.6 is 0 Å². The molecule has 0 aliphatic heterocycles. The van der Waals surface area contributed by atoms with Gasteiger partial charge in [-0.05, 0) is 53.4 Å². The normalized spacial score (nSPS) is 22.1. The second-order valence-corrected chi connectivity index (χ2v) is 8.39. The van der Waals surface area contributed by atoms with Crippen molar-refractivity contribution in [1.29, 1.82) is 0 Å². The predicted octanol–water partition coefficient (Wildman–Crippen LogP) is 4.41. The second-order valence-electron chi connectivity index (χ2n) is 8.39. The van der Waals surface area contributed by atoms with Crippen molar-refractivity contribution in [3.63, 3.8) is 0 Å². The third kappa shape index (κ3) is 3.39. The molecule has 2 atom stereocenters. The van der Waals surface area contributed by atoms with Crippen LogP contribution in [-0.4, -0.2) is 29.6 Å². The first-order chi connectivity index (χ1) is 16.0. The Morgan fingerprint density at radius 2 is 1.27 bits per heavy atom. The monoisotopic (exact) mass is 441 g/mol. The fourth-order valence-electron chi connectivity index (χ4n) is 5.42. The standard InChI is InChI=1S/C27H23NO5/c1-2-33-27(32)15-11-13-16(14-12-15)28-25(29)23-21-17-7-3-5-9-19(17)22(24(23)26(30)31)20-10-6-4-8-18(20)21/h3-14,21-24H,2H2,1H3,(H,28,29)(H,30,31). The Kier molecular flexibility index (Phi) is 5.21. The second kappa shape index (κ2) is 8.20. The van der Waals surface area contributed by atoms with Gasteiger partial charge >= 0.3 is 11.9 Å². The molecule has 0 fully saturated rings. The van der Waals surface area contributed by atoms with E-state index in [0.717, 1.165) is 22.3 Å². The minimum atomic E-state index is -0.980. The summed E-state index contributed by atoms with van der Waals surface area (Å²) in [6.07, 6.45) is 0. The first kappa shape index (κ1) is 20.9. The SMILES string of the molecule is CCOC(=O)c1ccc(NC(=O)C2C3c4ccccc4C(c4ccccc43)C2C(=O)O)cc1. The molecular formula is C27H23NO5. The van der Waals surface area contributed by atoms with Crippen LogP contribution in [0.15, 0.2) is 72.8 Å². The number of carbonyl (C=O) groups excluding carboxylic acids is 2. The van der Waals surface area contributed by atoms with Gasteiger partial charge in [0.1, 0.15) is 0 Å². The van der Waals surface area contributed by atoms with Gasteiger partial charge in [-0.2, -0.15) is 0 Å². The zero-order valence-electron chi connectivity index (χ0n) is 18.0. The smallest absolute Gasteiger partial charge is 0.338 e. The van der Waals surface area contributed by atoms with Crippen LogP contribution in [0.25, 0.3) is 0 Å². The lowest BCUT2D eigenvalue weighted by Gasteiger charge is -2.48. The summed E-state index contributed by atoms with van der Waals surface area (Å²) in [5.74, 6) is -4.12. The van der Waals surface area contributed by atoms with Gasteiger partial charge in [0.05, 0.1) is 24.0 Å². The van der Waals surface area contributed by atoms with E-state index in [-0.39, 0.29) is 24.3 Å². The Morgan fingerprint density at radius 3 is 1.73 bits per heavy atom. The van der Waals surface area contributed by atoms with Crippen LogP contribution in [0.4, 0.5) is 5.69 Å². The van der Waals surface area contributed by atoms with Crippen molar-refractivity contribution in [1.82, 2.24) is 0 Å². The molecule has 2 N–H and O–H groups in total. The van der Waals surface area contributed by atoms with Gasteiger partial charge in [0.25, 0.3) is 0 Å². The number of amides is 1. The van der Waals surface area contributed by atoms with Crippen LogP contribution in [0, 0.1) is 11.8 Å². The van der Waals surface area contributed by atoms with Gasteiger partial charge in [0, 0.05) is 17.5 Å². The topological polar surface area (TPSA) is 92.7 Å². The molecule has 1 amide bonds. The van der Waals surface area contributed by atoms with E-state index in [1.54, 1.807) is 31.2 Å². The minimum absolute atomic E-state index is 0.279. The Balaban J connectivity index is 1.52. The number of hydrogen-bond acceptors (Lipinski definition) is 4. The molecule has 2 bridgehead atoms. The van der Waals surface area contributed by atoms with E-state index < -0.39 is 23.8 Å². The summed E-state index contributed by atoms with van der Waals surface area (Å²) in [6.45, 7) is 2.01. The van der Waals surface area contributed by atoms with E-state index in [1.807, 2.05) is 48.5 Å². The molecule has 0 aromatic heterocycles. The molecule has 6 heteroatoms. The number of carboxylic acids is 1. The van der Waals surface area contributed by atoms with Gasteiger partial charge in [-0.3, -0.25) is 9.59 Å². The fraction of sp³-hybridized carbons (Fsp3) is 0.222. The number of aliphatic carboxylic acids is 1. The Hall–Kier alpha value is -3.93. The van der Waals surface area contributed by atoms with E-state index in [2.05, 4.69) is 5.32 Å².